The van der Waals surface area contributed by atoms with Gasteiger partial charge in [0, 0.05) is 14.6 Å². The summed E-state index contributed by atoms with van der Waals surface area (Å²) in [5, 5.41) is 0. The fraction of sp³-hybridized carbons (Fsp3) is 0.148. The fourth-order valence-electron chi connectivity index (χ4n) is 4.00. The highest BCUT2D eigenvalue weighted by Gasteiger charge is 2.26. The van der Waals surface area contributed by atoms with Gasteiger partial charge < -0.3 is 14.5 Å². The molecule has 9 nitrogen and oxygen atoms in total. The number of hydrogen-bond acceptors (Lipinski definition) is 7. The number of sulfonamides is 1. The minimum atomic E-state index is -4.52. The van der Waals surface area contributed by atoms with Crippen LogP contribution in [0.4, 0.5) is 4.39 Å². The first kappa shape index (κ1) is 26.6. The van der Waals surface area contributed by atoms with Crippen molar-refractivity contribution in [1.82, 2.24) is 14.7 Å². The summed E-state index contributed by atoms with van der Waals surface area (Å²) in [7, 11) is -3.10. The maximum absolute atomic E-state index is 14.1. The number of hydrogen-bond donors (Lipinski definition) is 2. The van der Waals surface area contributed by atoms with Crippen molar-refractivity contribution in [3.05, 3.63) is 99.2 Å². The summed E-state index contributed by atoms with van der Waals surface area (Å²) in [5.74, 6) is -1.08. The zero-order valence-electron chi connectivity index (χ0n) is 21.0. The van der Waals surface area contributed by atoms with Crippen molar-refractivity contribution in [1.29, 1.82) is 0 Å². The smallest absolute Gasteiger partial charge is 0.270 e. The van der Waals surface area contributed by atoms with Crippen LogP contribution in [0.25, 0.3) is 11.3 Å². The molecule has 0 aliphatic heterocycles. The molecular weight excluding hydrogens is 513 g/mol. The molecule has 0 radical (unpaired) electrons. The quantitative estimate of drug-likeness (QED) is 0.340. The lowest BCUT2D eigenvalue weighted by Crippen LogP contribution is -2.34. The van der Waals surface area contributed by atoms with Crippen LogP contribution in [-0.2, 0) is 10.0 Å². The molecule has 0 unspecified atom stereocenters. The Morgan fingerprint density at radius 2 is 1.76 bits per heavy atom. The molecule has 0 aliphatic rings. The molecule has 0 bridgehead atoms. The topological polar surface area (TPSA) is 127 Å². The molecule has 38 heavy (non-hydrogen) atoms. The molecule has 200 valence electrons. The van der Waals surface area contributed by atoms with Crippen molar-refractivity contribution < 1.29 is 29.9 Å². The summed E-state index contributed by atoms with van der Waals surface area (Å²) in [5.41, 5.74) is 1.92. The Balaban J connectivity index is 0.00000280. The fourth-order valence-corrected chi connectivity index (χ4v) is 5.02. The molecule has 2 aromatic heterocycles. The Hall–Kier alpha value is -4.51. The second-order valence-corrected chi connectivity index (χ2v) is 10.2. The highest BCUT2D eigenvalue weighted by atomic mass is 32.2. The number of aromatic amines is 1. The number of rotatable bonds is 7. The molecule has 4 rings (SSSR count). The van der Waals surface area contributed by atoms with Gasteiger partial charge >= 0.3 is 0 Å². The lowest BCUT2D eigenvalue weighted by Gasteiger charge is -2.16. The van der Waals surface area contributed by atoms with Crippen LogP contribution in [-0.4, -0.2) is 31.4 Å². The molecule has 0 saturated heterocycles. The Morgan fingerprint density at radius 1 is 1.05 bits per heavy atom. The van der Waals surface area contributed by atoms with Crippen molar-refractivity contribution in [2.24, 2.45) is 0 Å². The van der Waals surface area contributed by atoms with Crippen molar-refractivity contribution >= 4 is 15.9 Å². The van der Waals surface area contributed by atoms with Gasteiger partial charge in [0.1, 0.15) is 22.9 Å². The number of nitrogens with one attached hydrogen (secondary N) is 2. The van der Waals surface area contributed by atoms with Crippen LogP contribution in [0.15, 0.2) is 70.5 Å². The number of amides is 1. The van der Waals surface area contributed by atoms with Gasteiger partial charge in [0.05, 0.1) is 12.8 Å². The van der Waals surface area contributed by atoms with E-state index in [4.69, 9.17) is 9.47 Å². The van der Waals surface area contributed by atoms with Gasteiger partial charge in [-0.2, -0.15) is 0 Å². The number of aryl methyl sites for hydroxylation is 3. The number of halogens is 1. The summed E-state index contributed by atoms with van der Waals surface area (Å²) in [6.07, 6.45) is 1.27. The van der Waals surface area contributed by atoms with E-state index in [9.17, 15) is 22.4 Å². The lowest BCUT2D eigenvalue weighted by atomic mass is 10.1. The summed E-state index contributed by atoms with van der Waals surface area (Å²) >= 11 is 0. The number of pyridine rings is 2. The average Bonchev–Trinajstić information content (AvgIpc) is 2.86. The predicted octanol–water partition coefficient (Wildman–Crippen LogP) is 4.91. The van der Waals surface area contributed by atoms with Gasteiger partial charge in [0.15, 0.2) is 4.90 Å². The number of aromatic nitrogens is 2. The van der Waals surface area contributed by atoms with Gasteiger partial charge in [0.25, 0.3) is 21.5 Å². The highest BCUT2D eigenvalue weighted by Crippen LogP contribution is 2.35. The number of methoxy groups -OCH3 is 1. The first-order chi connectivity index (χ1) is 18.0. The zero-order chi connectivity index (χ0) is 27.6. The lowest BCUT2D eigenvalue weighted by molar-refractivity contribution is 0.0978. The molecule has 4 aromatic rings. The Morgan fingerprint density at radius 3 is 2.42 bits per heavy atom. The third-order valence-electron chi connectivity index (χ3n) is 5.64. The molecule has 2 aromatic carbocycles. The predicted molar refractivity (Wildman–Crippen MR) is 143 cm³/mol. The molecule has 2 heterocycles. The summed E-state index contributed by atoms with van der Waals surface area (Å²) in [6, 6.07) is 12.8. The summed E-state index contributed by atoms with van der Waals surface area (Å²) in [6.45, 7) is 5.56. The SMILES string of the molecule is COc1ccc(F)cc1-c1ccc(C(=O)NS(=O)(=O)c2ccc[nH]c2=O)c(Oc2c(C)cc(C)cc2C)n1.[HH].[HH]. The molecular formula is C27H28FN3O6S. The van der Waals surface area contributed by atoms with Crippen LogP contribution in [0.3, 0.4) is 0 Å². The average molecular weight is 542 g/mol. The summed E-state index contributed by atoms with van der Waals surface area (Å²) < 4.78 is 53.0. The second kappa shape index (κ2) is 10.5. The highest BCUT2D eigenvalue weighted by molar-refractivity contribution is 7.90. The molecule has 0 fully saturated rings. The molecule has 2 N–H and O–H groups in total. The number of nitrogens with zero attached hydrogens (tertiary/aromatic N) is 1. The van der Waals surface area contributed by atoms with E-state index in [1.165, 1.54) is 49.7 Å². The standard InChI is InChI=1S/C27H24FN3O6S.2H2/c1-15-12-16(2)24(17(3)13-15)37-27-19(25(32)31-38(34,35)23-6-5-11-29-26(23)33)8-9-21(30-27)20-14-18(28)7-10-22(20)36-4;;/h5-14H,1-4H3,(H,29,33)(H,31,32);2*1H. The van der Waals surface area contributed by atoms with E-state index in [-0.39, 0.29) is 20.0 Å². The maximum atomic E-state index is 14.1. The van der Waals surface area contributed by atoms with Crippen molar-refractivity contribution in [3.8, 4) is 28.6 Å². The van der Waals surface area contributed by atoms with Crippen molar-refractivity contribution in [2.75, 3.05) is 7.11 Å². The van der Waals surface area contributed by atoms with E-state index in [2.05, 4.69) is 9.97 Å². The number of carbonyl (C=O) groups is 1. The van der Waals surface area contributed by atoms with Gasteiger partial charge in [-0.15, -0.1) is 0 Å². The maximum Gasteiger partial charge on any atom is 0.270 e. The first-order valence-corrected chi connectivity index (χ1v) is 12.8. The number of benzene rings is 2. The van der Waals surface area contributed by atoms with Gasteiger partial charge in [-0.25, -0.2) is 22.5 Å². The van der Waals surface area contributed by atoms with Crippen LogP contribution in [0.5, 0.6) is 17.4 Å². The van der Waals surface area contributed by atoms with Gasteiger partial charge in [-0.1, -0.05) is 17.7 Å². The molecule has 11 heteroatoms. The second-order valence-electron chi connectivity index (χ2n) is 8.52. The van der Waals surface area contributed by atoms with Crippen molar-refractivity contribution in [3.63, 3.8) is 0 Å². The van der Waals surface area contributed by atoms with E-state index in [1.54, 1.807) is 0 Å². The third-order valence-corrected chi connectivity index (χ3v) is 7.00. The van der Waals surface area contributed by atoms with Gasteiger partial charge in [0.2, 0.25) is 5.88 Å². The molecule has 1 amide bonds. The van der Waals surface area contributed by atoms with Gasteiger partial charge in [-0.3, -0.25) is 9.59 Å². The minimum absolute atomic E-state index is 0. The van der Waals surface area contributed by atoms with Crippen LogP contribution in [0, 0.1) is 26.6 Å². The Bertz CT molecular complexity index is 1700. The van der Waals surface area contributed by atoms with Crippen LogP contribution < -0.4 is 19.8 Å². The van der Waals surface area contributed by atoms with Crippen LogP contribution in [0.1, 0.15) is 29.9 Å². The zero-order valence-corrected chi connectivity index (χ0v) is 21.8. The molecule has 0 spiro atoms. The number of H-pyrrole nitrogens is 1. The number of ether oxygens (including phenoxy) is 2. The monoisotopic (exact) mass is 541 g/mol. The number of carbonyl (C=O) groups excluding carboxylic acids is 1. The van der Waals surface area contributed by atoms with Crippen LogP contribution >= 0.6 is 0 Å². The Labute approximate surface area is 221 Å². The van der Waals surface area contributed by atoms with Crippen molar-refractivity contribution in [2.45, 2.75) is 25.7 Å². The van der Waals surface area contributed by atoms with Crippen LogP contribution in [0.2, 0.25) is 0 Å². The van der Waals surface area contributed by atoms with Gasteiger partial charge in [-0.05, 0) is 74.4 Å². The third kappa shape index (κ3) is 5.42. The molecule has 0 aliphatic carbocycles. The summed E-state index contributed by atoms with van der Waals surface area (Å²) in [4.78, 5) is 31.3. The van der Waals surface area contributed by atoms with E-state index in [0.717, 1.165) is 22.8 Å². The largest absolute Gasteiger partial charge is 0.496 e. The Kier molecular flexibility index (Phi) is 7.31. The molecule has 0 saturated carbocycles. The first-order valence-electron chi connectivity index (χ1n) is 11.4. The normalized spacial score (nSPS) is 11.2. The molecule has 0 atom stereocenters. The van der Waals surface area contributed by atoms with E-state index < -0.39 is 32.2 Å². The minimum Gasteiger partial charge on any atom is -0.496 e. The van der Waals surface area contributed by atoms with E-state index in [1.807, 2.05) is 37.6 Å². The van der Waals surface area contributed by atoms with E-state index in [0.29, 0.717) is 17.1 Å². The van der Waals surface area contributed by atoms with E-state index >= 15 is 0 Å².